The highest BCUT2D eigenvalue weighted by atomic mass is 19.4. The van der Waals surface area contributed by atoms with Crippen LogP contribution in [0.4, 0.5) is 65.9 Å². The molecule has 1 rings (SSSR count). The summed E-state index contributed by atoms with van der Waals surface area (Å²) in [6.45, 7) is 0. The van der Waals surface area contributed by atoms with Gasteiger partial charge in [0.1, 0.15) is 0 Å². The number of alkyl halides is 15. The fourth-order valence-corrected chi connectivity index (χ4v) is 2.51. The van der Waals surface area contributed by atoms with E-state index in [0.29, 0.717) is 0 Å². The van der Waals surface area contributed by atoms with E-state index < -0.39 is 60.5 Å². The lowest BCUT2D eigenvalue weighted by Gasteiger charge is -2.52. The standard InChI is InChI=1S/C10H5F15/c11-1-2(12)4(14)6(5(15)3(1)13,7(16,17)9(20,21)22)8(18,19)10(23,24)25/h1-5H. The van der Waals surface area contributed by atoms with Crippen LogP contribution in [-0.2, 0) is 0 Å². The van der Waals surface area contributed by atoms with E-state index in [4.69, 9.17) is 0 Å². The maximum atomic E-state index is 13.6. The molecule has 25 heavy (non-hydrogen) atoms. The van der Waals surface area contributed by atoms with Crippen LogP contribution in [-0.4, -0.2) is 55.1 Å². The summed E-state index contributed by atoms with van der Waals surface area (Å²) in [6, 6.07) is 0. The van der Waals surface area contributed by atoms with Crippen LogP contribution in [0.5, 0.6) is 0 Å². The van der Waals surface area contributed by atoms with Crippen molar-refractivity contribution < 1.29 is 65.9 Å². The van der Waals surface area contributed by atoms with Crippen molar-refractivity contribution in [2.75, 3.05) is 0 Å². The van der Waals surface area contributed by atoms with E-state index in [0.717, 1.165) is 0 Å². The zero-order valence-corrected chi connectivity index (χ0v) is 11.1. The lowest BCUT2D eigenvalue weighted by molar-refractivity contribution is -0.442. The Morgan fingerprint density at radius 3 is 0.880 bits per heavy atom. The zero-order chi connectivity index (χ0) is 20.4. The molecule has 150 valence electrons. The number of halogens is 15. The summed E-state index contributed by atoms with van der Waals surface area (Å²) in [5, 5.41) is 0. The van der Waals surface area contributed by atoms with Crippen molar-refractivity contribution in [3.05, 3.63) is 0 Å². The Morgan fingerprint density at radius 2 is 0.680 bits per heavy atom. The van der Waals surface area contributed by atoms with E-state index in [1.54, 1.807) is 0 Å². The fraction of sp³-hybridized carbons (Fsp3) is 1.00. The second kappa shape index (κ2) is 5.72. The van der Waals surface area contributed by atoms with Crippen LogP contribution in [0.1, 0.15) is 0 Å². The van der Waals surface area contributed by atoms with Gasteiger partial charge in [0.25, 0.3) is 0 Å². The van der Waals surface area contributed by atoms with Crippen molar-refractivity contribution in [2.24, 2.45) is 5.41 Å². The molecular formula is C10H5F15. The average molecular weight is 410 g/mol. The molecule has 0 nitrogen and oxygen atoms in total. The third kappa shape index (κ3) is 2.54. The zero-order valence-electron chi connectivity index (χ0n) is 11.1. The summed E-state index contributed by atoms with van der Waals surface area (Å²) in [6.07, 6.45) is -39.2. The summed E-state index contributed by atoms with van der Waals surface area (Å²) in [5.41, 5.74) is -6.96. The van der Waals surface area contributed by atoms with Crippen molar-refractivity contribution >= 4 is 0 Å². The second-order valence-corrected chi connectivity index (χ2v) is 5.15. The predicted octanol–water partition coefficient (Wildman–Crippen LogP) is 5.07. The number of hydrogen-bond donors (Lipinski definition) is 0. The molecule has 0 aliphatic heterocycles. The van der Waals surface area contributed by atoms with Gasteiger partial charge in [-0.3, -0.25) is 0 Å². The maximum absolute atomic E-state index is 13.6. The highest BCUT2D eigenvalue weighted by Gasteiger charge is 2.92. The summed E-state index contributed by atoms with van der Waals surface area (Å²) in [5.74, 6) is -15.3. The summed E-state index contributed by atoms with van der Waals surface area (Å²) in [7, 11) is 0. The van der Waals surface area contributed by atoms with Gasteiger partial charge in [0, 0.05) is 0 Å². The maximum Gasteiger partial charge on any atom is 0.454 e. The Labute approximate surface area is 128 Å². The first-order valence-corrected chi connectivity index (χ1v) is 5.89. The molecule has 1 saturated carbocycles. The van der Waals surface area contributed by atoms with E-state index in [2.05, 4.69) is 0 Å². The van der Waals surface area contributed by atoms with Crippen molar-refractivity contribution in [3.8, 4) is 0 Å². The Morgan fingerprint density at radius 1 is 0.440 bits per heavy atom. The van der Waals surface area contributed by atoms with Gasteiger partial charge in [-0.2, -0.15) is 43.9 Å². The van der Waals surface area contributed by atoms with Crippen LogP contribution in [0.25, 0.3) is 0 Å². The molecule has 15 heteroatoms. The van der Waals surface area contributed by atoms with Crippen LogP contribution >= 0.6 is 0 Å². The Balaban J connectivity index is 3.95. The molecule has 0 aromatic heterocycles. The molecular weight excluding hydrogens is 405 g/mol. The molecule has 1 aliphatic rings. The smallest absolute Gasteiger partial charge is 0.243 e. The van der Waals surface area contributed by atoms with Crippen LogP contribution in [0, 0.1) is 5.41 Å². The van der Waals surface area contributed by atoms with E-state index in [1.807, 2.05) is 0 Å². The van der Waals surface area contributed by atoms with Crippen LogP contribution in [0.3, 0.4) is 0 Å². The van der Waals surface area contributed by atoms with Gasteiger partial charge in [-0.1, -0.05) is 0 Å². The Hall–Kier alpha value is -1.05. The van der Waals surface area contributed by atoms with Gasteiger partial charge in [0.05, 0.1) is 0 Å². The van der Waals surface area contributed by atoms with Gasteiger partial charge >= 0.3 is 24.2 Å². The number of rotatable bonds is 2. The molecule has 0 N–H and O–H groups in total. The Bertz CT molecular complexity index is 446. The third-order valence-electron chi connectivity index (χ3n) is 3.79. The quantitative estimate of drug-likeness (QED) is 0.558. The molecule has 4 unspecified atom stereocenters. The number of hydrogen-bond acceptors (Lipinski definition) is 0. The molecule has 0 aromatic rings. The van der Waals surface area contributed by atoms with Gasteiger partial charge in [0.15, 0.2) is 36.3 Å². The molecule has 1 aliphatic carbocycles. The van der Waals surface area contributed by atoms with E-state index in [-0.39, 0.29) is 0 Å². The summed E-state index contributed by atoms with van der Waals surface area (Å²) < 4.78 is 194. The average Bonchev–Trinajstić information content (AvgIpc) is 2.40. The lowest BCUT2D eigenvalue weighted by atomic mass is 9.60. The first-order valence-electron chi connectivity index (χ1n) is 5.89. The van der Waals surface area contributed by atoms with Gasteiger partial charge in [-0.25, -0.2) is 22.0 Å². The van der Waals surface area contributed by atoms with Crippen LogP contribution in [0.15, 0.2) is 0 Å². The van der Waals surface area contributed by atoms with Crippen molar-refractivity contribution in [1.82, 2.24) is 0 Å². The molecule has 0 bridgehead atoms. The van der Waals surface area contributed by atoms with Crippen LogP contribution < -0.4 is 0 Å². The van der Waals surface area contributed by atoms with E-state index >= 15 is 0 Å². The molecule has 0 radical (unpaired) electrons. The van der Waals surface area contributed by atoms with Crippen LogP contribution in [0.2, 0.25) is 0 Å². The molecule has 0 aromatic carbocycles. The first-order chi connectivity index (χ1) is 10.8. The topological polar surface area (TPSA) is 0 Å². The van der Waals surface area contributed by atoms with Crippen molar-refractivity contribution in [1.29, 1.82) is 0 Å². The normalized spacial score (nSPS) is 34.9. The highest BCUT2D eigenvalue weighted by Crippen LogP contribution is 2.67. The predicted molar refractivity (Wildman–Crippen MR) is 48.9 cm³/mol. The molecule has 0 saturated heterocycles. The second-order valence-electron chi connectivity index (χ2n) is 5.15. The minimum atomic E-state index is -7.63. The SMILES string of the molecule is FC1C(F)C(F)C(C(F)(F)C(F)(F)F)(C(F)(F)C(F)(F)F)C(F)C1F. The van der Waals surface area contributed by atoms with Gasteiger partial charge in [-0.15, -0.1) is 0 Å². The minimum Gasteiger partial charge on any atom is -0.243 e. The van der Waals surface area contributed by atoms with E-state index in [9.17, 15) is 65.9 Å². The monoisotopic (exact) mass is 410 g/mol. The first kappa shape index (κ1) is 22.0. The highest BCUT2D eigenvalue weighted by molar-refractivity contribution is 5.22. The summed E-state index contributed by atoms with van der Waals surface area (Å²) >= 11 is 0. The fourth-order valence-electron chi connectivity index (χ4n) is 2.51. The van der Waals surface area contributed by atoms with Gasteiger partial charge < -0.3 is 0 Å². The van der Waals surface area contributed by atoms with Gasteiger partial charge in [-0.05, 0) is 0 Å². The third-order valence-corrected chi connectivity index (χ3v) is 3.79. The summed E-state index contributed by atoms with van der Waals surface area (Å²) in [4.78, 5) is 0. The molecule has 0 heterocycles. The molecule has 1 fully saturated rings. The molecule has 0 amide bonds. The molecule has 0 spiro atoms. The van der Waals surface area contributed by atoms with Crippen molar-refractivity contribution in [2.45, 2.75) is 55.1 Å². The molecule has 4 atom stereocenters. The minimum absolute atomic E-state index is 4.19. The van der Waals surface area contributed by atoms with E-state index in [1.165, 1.54) is 0 Å². The largest absolute Gasteiger partial charge is 0.454 e. The Kier molecular flexibility index (Phi) is 5.04. The lowest BCUT2D eigenvalue weighted by Crippen LogP contribution is -2.78. The van der Waals surface area contributed by atoms with Crippen molar-refractivity contribution in [3.63, 3.8) is 0 Å². The van der Waals surface area contributed by atoms with Gasteiger partial charge in [0.2, 0.25) is 0 Å².